The van der Waals surface area contributed by atoms with E-state index in [2.05, 4.69) is 56.9 Å². The zero-order chi connectivity index (χ0) is 15.3. The zero-order valence-corrected chi connectivity index (χ0v) is 14.3. The van der Waals surface area contributed by atoms with Gasteiger partial charge in [-0.2, -0.15) is 0 Å². The van der Waals surface area contributed by atoms with Crippen molar-refractivity contribution in [2.45, 2.75) is 70.6 Å². The lowest BCUT2D eigenvalue weighted by atomic mass is 9.97. The molecule has 4 heteroatoms. The molecule has 120 valence electrons. The SMILES string of the molecule is CCN(C(C)CN(C)C)C1CCC(CO)(NC(C)C)C1. The summed E-state index contributed by atoms with van der Waals surface area (Å²) in [7, 11) is 4.27. The average molecular weight is 285 g/mol. The van der Waals surface area contributed by atoms with Gasteiger partial charge in [-0.1, -0.05) is 20.8 Å². The van der Waals surface area contributed by atoms with Crippen LogP contribution in [0.3, 0.4) is 0 Å². The van der Waals surface area contributed by atoms with Gasteiger partial charge in [-0.15, -0.1) is 0 Å². The van der Waals surface area contributed by atoms with Crippen molar-refractivity contribution in [3.63, 3.8) is 0 Å². The molecule has 20 heavy (non-hydrogen) atoms. The molecule has 4 nitrogen and oxygen atoms in total. The Bertz CT molecular complexity index is 283. The van der Waals surface area contributed by atoms with Crippen molar-refractivity contribution in [2.75, 3.05) is 33.8 Å². The quantitative estimate of drug-likeness (QED) is 0.709. The third kappa shape index (κ3) is 4.69. The first-order chi connectivity index (χ1) is 9.33. The molecule has 0 aliphatic heterocycles. The molecular formula is C16H35N3O. The summed E-state index contributed by atoms with van der Waals surface area (Å²) in [5.41, 5.74) is -0.0654. The Morgan fingerprint density at radius 3 is 2.40 bits per heavy atom. The van der Waals surface area contributed by atoms with Crippen LogP contribution in [0.4, 0.5) is 0 Å². The summed E-state index contributed by atoms with van der Waals surface area (Å²) in [6.07, 6.45) is 3.33. The van der Waals surface area contributed by atoms with Crippen LogP contribution in [-0.4, -0.2) is 72.4 Å². The summed E-state index contributed by atoms with van der Waals surface area (Å²) in [5, 5.41) is 13.4. The molecule has 1 aliphatic rings. The van der Waals surface area contributed by atoms with Crippen molar-refractivity contribution in [1.29, 1.82) is 0 Å². The summed E-state index contributed by atoms with van der Waals surface area (Å²) < 4.78 is 0. The standard InChI is InChI=1S/C16H35N3O/c1-7-19(14(4)11-18(5)6)15-8-9-16(10-15,12-20)17-13(2)3/h13-15,17,20H,7-12H2,1-6H3. The Morgan fingerprint density at radius 1 is 1.30 bits per heavy atom. The summed E-state index contributed by atoms with van der Waals surface area (Å²) in [6.45, 7) is 11.3. The molecule has 1 rings (SSSR count). The highest BCUT2D eigenvalue weighted by atomic mass is 16.3. The first-order valence-corrected chi connectivity index (χ1v) is 8.12. The molecular weight excluding hydrogens is 250 g/mol. The predicted molar refractivity (Wildman–Crippen MR) is 86.1 cm³/mol. The summed E-state index contributed by atoms with van der Waals surface area (Å²) in [4.78, 5) is 4.87. The third-order valence-electron chi connectivity index (χ3n) is 4.51. The second-order valence-corrected chi connectivity index (χ2v) is 7.08. The van der Waals surface area contributed by atoms with Gasteiger partial charge in [-0.05, 0) is 46.8 Å². The summed E-state index contributed by atoms with van der Waals surface area (Å²) in [5.74, 6) is 0. The molecule has 3 atom stereocenters. The minimum absolute atomic E-state index is 0.0654. The second-order valence-electron chi connectivity index (χ2n) is 7.08. The van der Waals surface area contributed by atoms with Crippen molar-refractivity contribution in [1.82, 2.24) is 15.1 Å². The number of rotatable bonds is 8. The zero-order valence-electron chi connectivity index (χ0n) is 14.3. The third-order valence-corrected chi connectivity index (χ3v) is 4.51. The molecule has 0 aromatic heterocycles. The van der Waals surface area contributed by atoms with E-state index in [0.29, 0.717) is 18.1 Å². The van der Waals surface area contributed by atoms with Gasteiger partial charge in [0.2, 0.25) is 0 Å². The Hall–Kier alpha value is -0.160. The van der Waals surface area contributed by atoms with Gasteiger partial charge in [-0.25, -0.2) is 0 Å². The van der Waals surface area contributed by atoms with Gasteiger partial charge >= 0.3 is 0 Å². The van der Waals surface area contributed by atoms with Crippen LogP contribution in [0, 0.1) is 0 Å². The van der Waals surface area contributed by atoms with Crippen LogP contribution in [0.2, 0.25) is 0 Å². The summed E-state index contributed by atoms with van der Waals surface area (Å²) in [6, 6.07) is 1.58. The maximum atomic E-state index is 9.83. The van der Waals surface area contributed by atoms with E-state index in [1.807, 2.05) is 0 Å². The number of hydrogen-bond acceptors (Lipinski definition) is 4. The lowest BCUT2D eigenvalue weighted by Gasteiger charge is -2.37. The maximum Gasteiger partial charge on any atom is 0.0614 e. The lowest BCUT2D eigenvalue weighted by molar-refractivity contribution is 0.108. The van der Waals surface area contributed by atoms with Gasteiger partial charge in [0, 0.05) is 30.2 Å². The monoisotopic (exact) mass is 285 g/mol. The molecule has 0 aromatic carbocycles. The molecule has 0 spiro atoms. The van der Waals surface area contributed by atoms with Gasteiger partial charge in [0.1, 0.15) is 0 Å². The highest BCUT2D eigenvalue weighted by Crippen LogP contribution is 2.34. The van der Waals surface area contributed by atoms with Gasteiger partial charge in [0.25, 0.3) is 0 Å². The van der Waals surface area contributed by atoms with Gasteiger partial charge in [0.15, 0.2) is 0 Å². The molecule has 0 saturated heterocycles. The number of nitrogens with one attached hydrogen (secondary N) is 1. The summed E-state index contributed by atoms with van der Waals surface area (Å²) >= 11 is 0. The number of likely N-dealkylation sites (N-methyl/N-ethyl adjacent to an activating group) is 2. The molecule has 0 aromatic rings. The number of hydrogen-bond donors (Lipinski definition) is 2. The molecule has 1 fully saturated rings. The van der Waals surface area contributed by atoms with Crippen LogP contribution < -0.4 is 5.32 Å². The molecule has 0 radical (unpaired) electrons. The van der Waals surface area contributed by atoms with E-state index in [4.69, 9.17) is 0 Å². The van der Waals surface area contributed by atoms with Gasteiger partial charge in [0.05, 0.1) is 6.61 Å². The van der Waals surface area contributed by atoms with E-state index in [9.17, 15) is 5.11 Å². The average Bonchev–Trinajstić information content (AvgIpc) is 2.73. The predicted octanol–water partition coefficient (Wildman–Crippen LogP) is 1.54. The number of aliphatic hydroxyl groups excluding tert-OH is 1. The van der Waals surface area contributed by atoms with Crippen LogP contribution in [-0.2, 0) is 0 Å². The Balaban J connectivity index is 2.67. The van der Waals surface area contributed by atoms with E-state index >= 15 is 0 Å². The van der Waals surface area contributed by atoms with E-state index in [-0.39, 0.29) is 12.1 Å². The molecule has 0 amide bonds. The maximum absolute atomic E-state index is 9.83. The Kier molecular flexibility index (Phi) is 6.92. The topological polar surface area (TPSA) is 38.7 Å². The van der Waals surface area contributed by atoms with Crippen LogP contribution in [0.25, 0.3) is 0 Å². The van der Waals surface area contributed by atoms with Crippen molar-refractivity contribution in [3.05, 3.63) is 0 Å². The van der Waals surface area contributed by atoms with Crippen molar-refractivity contribution in [2.24, 2.45) is 0 Å². The normalized spacial score (nSPS) is 28.8. The van der Waals surface area contributed by atoms with Crippen LogP contribution in [0.15, 0.2) is 0 Å². The van der Waals surface area contributed by atoms with E-state index in [1.165, 1.54) is 6.42 Å². The Morgan fingerprint density at radius 2 is 1.95 bits per heavy atom. The van der Waals surface area contributed by atoms with Crippen LogP contribution in [0.5, 0.6) is 0 Å². The van der Waals surface area contributed by atoms with Crippen molar-refractivity contribution < 1.29 is 5.11 Å². The molecule has 3 unspecified atom stereocenters. The minimum Gasteiger partial charge on any atom is -0.394 e. The first-order valence-electron chi connectivity index (χ1n) is 8.12. The molecule has 0 bridgehead atoms. The van der Waals surface area contributed by atoms with E-state index in [0.717, 1.165) is 25.9 Å². The van der Waals surface area contributed by atoms with Crippen molar-refractivity contribution in [3.8, 4) is 0 Å². The fraction of sp³-hybridized carbons (Fsp3) is 1.00. The second kappa shape index (κ2) is 7.74. The lowest BCUT2D eigenvalue weighted by Crippen LogP contribution is -2.52. The molecule has 2 N–H and O–H groups in total. The largest absolute Gasteiger partial charge is 0.394 e. The van der Waals surface area contributed by atoms with E-state index in [1.54, 1.807) is 0 Å². The van der Waals surface area contributed by atoms with Gasteiger partial charge < -0.3 is 15.3 Å². The highest BCUT2D eigenvalue weighted by molar-refractivity contribution is 5.00. The molecule has 0 heterocycles. The van der Waals surface area contributed by atoms with Gasteiger partial charge in [-0.3, -0.25) is 4.90 Å². The molecule has 1 aliphatic carbocycles. The minimum atomic E-state index is -0.0654. The smallest absolute Gasteiger partial charge is 0.0614 e. The first kappa shape index (κ1) is 17.9. The Labute approximate surface area is 125 Å². The van der Waals surface area contributed by atoms with Crippen LogP contribution in [0.1, 0.15) is 47.0 Å². The molecule has 1 saturated carbocycles. The van der Waals surface area contributed by atoms with Crippen LogP contribution >= 0.6 is 0 Å². The highest BCUT2D eigenvalue weighted by Gasteiger charge is 2.41. The van der Waals surface area contributed by atoms with Crippen molar-refractivity contribution >= 4 is 0 Å². The number of aliphatic hydroxyl groups is 1. The fourth-order valence-corrected chi connectivity index (χ4v) is 3.88. The number of nitrogens with zero attached hydrogens (tertiary/aromatic N) is 2. The fourth-order valence-electron chi connectivity index (χ4n) is 3.88. The van der Waals surface area contributed by atoms with E-state index < -0.39 is 0 Å².